The Balaban J connectivity index is 1.45. The van der Waals surface area contributed by atoms with E-state index < -0.39 is 0 Å². The van der Waals surface area contributed by atoms with Gasteiger partial charge in [0.05, 0.1) is 32.2 Å². The van der Waals surface area contributed by atoms with Crippen LogP contribution >= 0.6 is 34.3 Å². The highest BCUT2D eigenvalue weighted by molar-refractivity contribution is 7.20. The van der Waals surface area contributed by atoms with Crippen molar-refractivity contribution in [3.63, 3.8) is 0 Å². The van der Waals surface area contributed by atoms with Gasteiger partial charge in [0.15, 0.2) is 5.13 Å². The molecule has 0 fully saturated rings. The third kappa shape index (κ3) is 3.77. The summed E-state index contributed by atoms with van der Waals surface area (Å²) >= 11 is 8.65. The lowest BCUT2D eigenvalue weighted by molar-refractivity contribution is -0.116. The van der Waals surface area contributed by atoms with Crippen molar-refractivity contribution in [2.75, 3.05) is 5.32 Å². The number of rotatable bonds is 5. The van der Waals surface area contributed by atoms with Gasteiger partial charge in [-0.25, -0.2) is 9.67 Å². The number of nitrogens with zero attached hydrogens (tertiary/aromatic N) is 2. The van der Waals surface area contributed by atoms with E-state index in [1.54, 1.807) is 30.3 Å². The number of carbonyl (C=O) groups excluding carboxylic acids is 1. The molecule has 0 spiro atoms. The molecule has 0 saturated carbocycles. The molecule has 10 heteroatoms. The number of thiophene rings is 1. The summed E-state index contributed by atoms with van der Waals surface area (Å²) in [5, 5.41) is 8.18. The maximum atomic E-state index is 12.5. The molecule has 4 aromatic rings. The predicted octanol–water partition coefficient (Wildman–Crippen LogP) is 3.56. The van der Waals surface area contributed by atoms with Gasteiger partial charge in [-0.3, -0.25) is 19.5 Å². The molecule has 7 nitrogen and oxygen atoms in total. The van der Waals surface area contributed by atoms with E-state index in [0.717, 1.165) is 15.3 Å². The number of benzene rings is 1. The second kappa shape index (κ2) is 7.70. The molecule has 0 aliphatic heterocycles. The fraction of sp³-hybridized carbons (Fsp3) is 0.111. The highest BCUT2D eigenvalue weighted by atomic mass is 35.5. The van der Waals surface area contributed by atoms with Gasteiger partial charge >= 0.3 is 0 Å². The second-order valence-electron chi connectivity index (χ2n) is 5.88. The molecule has 2 N–H and O–H groups in total. The van der Waals surface area contributed by atoms with Crippen molar-refractivity contribution in [2.24, 2.45) is 0 Å². The van der Waals surface area contributed by atoms with Crippen LogP contribution in [-0.2, 0) is 11.3 Å². The Labute approximate surface area is 171 Å². The minimum atomic E-state index is -0.366. The van der Waals surface area contributed by atoms with Gasteiger partial charge < -0.3 is 5.32 Å². The van der Waals surface area contributed by atoms with Gasteiger partial charge in [-0.1, -0.05) is 23.7 Å². The van der Waals surface area contributed by atoms with Crippen LogP contribution in [0.1, 0.15) is 6.42 Å². The summed E-state index contributed by atoms with van der Waals surface area (Å²) in [7, 11) is 0. The van der Waals surface area contributed by atoms with Gasteiger partial charge in [0, 0.05) is 11.8 Å². The molecule has 0 saturated heterocycles. The molecule has 3 heterocycles. The number of thiazole rings is 1. The van der Waals surface area contributed by atoms with E-state index in [2.05, 4.69) is 15.4 Å². The van der Waals surface area contributed by atoms with Crippen LogP contribution in [0.5, 0.6) is 0 Å². The molecule has 4 rings (SSSR count). The molecule has 0 aliphatic rings. The Morgan fingerprint density at radius 2 is 1.96 bits per heavy atom. The first-order valence-electron chi connectivity index (χ1n) is 8.24. The monoisotopic (exact) mass is 432 g/mol. The van der Waals surface area contributed by atoms with E-state index in [4.69, 9.17) is 11.6 Å². The number of amides is 1. The highest BCUT2D eigenvalue weighted by Gasteiger charge is 2.11. The summed E-state index contributed by atoms with van der Waals surface area (Å²) in [6.07, 6.45) is 0.0218. The number of H-pyrrole nitrogens is 1. The predicted molar refractivity (Wildman–Crippen MR) is 113 cm³/mol. The molecule has 1 aromatic carbocycles. The fourth-order valence-electron chi connectivity index (χ4n) is 2.70. The van der Waals surface area contributed by atoms with E-state index in [9.17, 15) is 14.4 Å². The van der Waals surface area contributed by atoms with Crippen LogP contribution in [0, 0.1) is 0 Å². The summed E-state index contributed by atoms with van der Waals surface area (Å²) in [5.74, 6) is -0.300. The molecule has 1 amide bonds. The van der Waals surface area contributed by atoms with Crippen LogP contribution in [0.25, 0.3) is 21.3 Å². The molecule has 0 radical (unpaired) electrons. The fourth-order valence-corrected chi connectivity index (χ4v) is 4.50. The third-order valence-corrected chi connectivity index (χ3v) is 6.03. The lowest BCUT2D eigenvalue weighted by atomic mass is 10.2. The number of hydrogen-bond donors (Lipinski definition) is 2. The minimum Gasteiger partial charge on any atom is -0.302 e. The van der Waals surface area contributed by atoms with Crippen LogP contribution in [0.4, 0.5) is 5.13 Å². The molecule has 3 aromatic heterocycles. The first-order chi connectivity index (χ1) is 13.5. The Bertz CT molecular complexity index is 1290. The molecule has 142 valence electrons. The van der Waals surface area contributed by atoms with Crippen molar-refractivity contribution in [2.45, 2.75) is 13.0 Å². The summed E-state index contributed by atoms with van der Waals surface area (Å²) < 4.78 is 1.83. The van der Waals surface area contributed by atoms with Crippen LogP contribution < -0.4 is 16.4 Å². The lowest BCUT2D eigenvalue weighted by Gasteiger charge is -2.07. The number of aromatic nitrogens is 3. The smallest absolute Gasteiger partial charge is 0.273 e. The zero-order valence-electron chi connectivity index (χ0n) is 14.3. The van der Waals surface area contributed by atoms with E-state index >= 15 is 0 Å². The zero-order chi connectivity index (χ0) is 19.7. The quantitative estimate of drug-likeness (QED) is 0.504. The minimum absolute atomic E-state index is 0.0218. The third-order valence-electron chi connectivity index (χ3n) is 4.02. The van der Waals surface area contributed by atoms with Crippen LogP contribution in [0.3, 0.4) is 0 Å². The van der Waals surface area contributed by atoms with Gasteiger partial charge in [-0.05, 0) is 24.3 Å². The summed E-state index contributed by atoms with van der Waals surface area (Å²) in [4.78, 5) is 42.1. The maximum absolute atomic E-state index is 12.5. The number of aryl methyl sites for hydroxylation is 1. The Morgan fingerprint density at radius 3 is 2.71 bits per heavy atom. The number of carbonyl (C=O) groups is 1. The van der Waals surface area contributed by atoms with E-state index in [-0.39, 0.29) is 30.0 Å². The Kier molecular flexibility index (Phi) is 5.12. The number of anilines is 1. The second-order valence-corrected chi connectivity index (χ2v) is 8.46. The van der Waals surface area contributed by atoms with Crippen LogP contribution in [0.15, 0.2) is 51.4 Å². The normalized spacial score (nSPS) is 11.0. The standard InChI is InChI=1S/C18H13ClN4O3S2/c19-14-6-5-13(28-14)12-9-27-18(20-12)21-15(24)7-8-23-17(26)11-4-2-1-3-10(11)16(25)22-23/h1-6,9H,7-8H2,(H,22,25)(H,20,21,24). The van der Waals surface area contributed by atoms with E-state index in [1.165, 1.54) is 22.7 Å². The van der Waals surface area contributed by atoms with Crippen molar-refractivity contribution >= 4 is 56.1 Å². The first-order valence-corrected chi connectivity index (χ1v) is 10.3. The average Bonchev–Trinajstić information content (AvgIpc) is 3.32. The number of aromatic amines is 1. The summed E-state index contributed by atoms with van der Waals surface area (Å²) in [6.45, 7) is 0.0590. The Morgan fingerprint density at radius 1 is 1.18 bits per heavy atom. The molecule has 0 aliphatic carbocycles. The van der Waals surface area contributed by atoms with Gasteiger partial charge in [0.2, 0.25) is 5.91 Å². The zero-order valence-corrected chi connectivity index (χ0v) is 16.7. The van der Waals surface area contributed by atoms with Crippen molar-refractivity contribution in [3.05, 3.63) is 66.8 Å². The number of halogens is 1. The largest absolute Gasteiger partial charge is 0.302 e. The SMILES string of the molecule is O=C(CCn1[nH]c(=O)c2ccccc2c1=O)Nc1nc(-c2ccc(Cl)s2)cs1. The van der Waals surface area contributed by atoms with Crippen molar-refractivity contribution in [3.8, 4) is 10.6 Å². The van der Waals surface area contributed by atoms with Crippen molar-refractivity contribution in [1.82, 2.24) is 14.8 Å². The number of hydrogen-bond acceptors (Lipinski definition) is 6. The van der Waals surface area contributed by atoms with Gasteiger partial charge in [-0.15, -0.1) is 22.7 Å². The molecule has 28 heavy (non-hydrogen) atoms. The molecular weight excluding hydrogens is 420 g/mol. The van der Waals surface area contributed by atoms with Crippen molar-refractivity contribution in [1.29, 1.82) is 0 Å². The van der Waals surface area contributed by atoms with Crippen LogP contribution in [0.2, 0.25) is 4.34 Å². The number of fused-ring (bicyclic) bond motifs is 1. The lowest BCUT2D eigenvalue weighted by Crippen LogP contribution is -2.31. The summed E-state index contributed by atoms with van der Waals surface area (Å²) in [6, 6.07) is 10.2. The van der Waals surface area contributed by atoms with E-state index in [0.29, 0.717) is 20.2 Å². The molecule has 0 bridgehead atoms. The molecular formula is C18H13ClN4O3S2. The first kappa shape index (κ1) is 18.6. The van der Waals surface area contributed by atoms with Crippen LogP contribution in [-0.4, -0.2) is 20.7 Å². The topological polar surface area (TPSA) is 96.9 Å². The maximum Gasteiger partial charge on any atom is 0.273 e. The highest BCUT2D eigenvalue weighted by Crippen LogP contribution is 2.32. The van der Waals surface area contributed by atoms with Crippen molar-refractivity contribution < 1.29 is 4.79 Å². The van der Waals surface area contributed by atoms with Gasteiger partial charge in [-0.2, -0.15) is 0 Å². The van der Waals surface area contributed by atoms with E-state index in [1.807, 2.05) is 11.4 Å². The molecule has 0 atom stereocenters. The van der Waals surface area contributed by atoms with Gasteiger partial charge in [0.1, 0.15) is 0 Å². The number of nitrogens with one attached hydrogen (secondary N) is 2. The molecule has 0 unspecified atom stereocenters. The summed E-state index contributed by atoms with van der Waals surface area (Å²) in [5.41, 5.74) is 0.0381. The average molecular weight is 433 g/mol. The Hall–Kier alpha value is -2.75. The van der Waals surface area contributed by atoms with Gasteiger partial charge in [0.25, 0.3) is 11.1 Å².